The molecule has 1 atom stereocenters. The van der Waals surface area contributed by atoms with E-state index in [-0.39, 0.29) is 17.5 Å². The van der Waals surface area contributed by atoms with Crippen LogP contribution in [0.2, 0.25) is 0 Å². The van der Waals surface area contributed by atoms with Crippen LogP contribution in [-0.4, -0.2) is 16.7 Å². The van der Waals surface area contributed by atoms with Crippen LogP contribution >= 0.6 is 0 Å². The van der Waals surface area contributed by atoms with Crippen molar-refractivity contribution in [2.45, 2.75) is 26.2 Å². The first kappa shape index (κ1) is 19.4. The van der Waals surface area contributed by atoms with Gasteiger partial charge in [-0.05, 0) is 61.2 Å². The van der Waals surface area contributed by atoms with Crippen molar-refractivity contribution in [3.63, 3.8) is 0 Å². The molecule has 1 N–H and O–H groups in total. The van der Waals surface area contributed by atoms with E-state index in [1.807, 2.05) is 19.1 Å². The molecule has 3 rings (SSSR count). The summed E-state index contributed by atoms with van der Waals surface area (Å²) in [5.41, 5.74) is 3.60. The van der Waals surface area contributed by atoms with Crippen LogP contribution < -0.4 is 5.32 Å². The summed E-state index contributed by atoms with van der Waals surface area (Å²) in [7, 11) is 0. The standard InChI is InChI=1S/C23H21FN2O2/c1-15-5-6-19(16(2)27)13-22(15)26-23(28)21(12-17-4-3-11-25-14-17)18-7-9-20(24)10-8-18/h3-11,13-14,21H,12H2,1-2H3,(H,26,28). The minimum Gasteiger partial charge on any atom is -0.325 e. The number of aryl methyl sites for hydroxylation is 1. The van der Waals surface area contributed by atoms with Gasteiger partial charge in [0.2, 0.25) is 5.91 Å². The molecule has 1 unspecified atom stereocenters. The lowest BCUT2D eigenvalue weighted by atomic mass is 9.91. The van der Waals surface area contributed by atoms with Crippen LogP contribution in [0.15, 0.2) is 67.0 Å². The number of anilines is 1. The number of hydrogen-bond acceptors (Lipinski definition) is 3. The summed E-state index contributed by atoms with van der Waals surface area (Å²) in [5, 5.41) is 2.93. The molecule has 0 radical (unpaired) electrons. The van der Waals surface area contributed by atoms with Crippen LogP contribution in [0.25, 0.3) is 0 Å². The maximum absolute atomic E-state index is 13.4. The molecule has 5 heteroatoms. The molecule has 0 saturated heterocycles. The predicted octanol–water partition coefficient (Wildman–Crippen LogP) is 4.70. The molecule has 4 nitrogen and oxygen atoms in total. The Hall–Kier alpha value is -3.34. The van der Waals surface area contributed by atoms with E-state index < -0.39 is 5.92 Å². The quantitative estimate of drug-likeness (QED) is 0.635. The minimum absolute atomic E-state index is 0.0686. The zero-order valence-electron chi connectivity index (χ0n) is 15.8. The molecule has 3 aromatic rings. The van der Waals surface area contributed by atoms with Crippen LogP contribution in [0.3, 0.4) is 0 Å². The van der Waals surface area contributed by atoms with Crippen LogP contribution in [0.1, 0.15) is 39.9 Å². The fourth-order valence-electron chi connectivity index (χ4n) is 3.01. The highest BCUT2D eigenvalue weighted by Gasteiger charge is 2.22. The number of carbonyl (C=O) groups excluding carboxylic acids is 2. The average Bonchev–Trinajstić information content (AvgIpc) is 2.69. The van der Waals surface area contributed by atoms with Crippen molar-refractivity contribution in [1.29, 1.82) is 0 Å². The molecule has 0 fully saturated rings. The summed E-state index contributed by atoms with van der Waals surface area (Å²) in [4.78, 5) is 28.9. The Morgan fingerprint density at radius 1 is 1.11 bits per heavy atom. The van der Waals surface area contributed by atoms with Gasteiger partial charge in [-0.15, -0.1) is 0 Å². The number of ketones is 1. The van der Waals surface area contributed by atoms with Gasteiger partial charge in [0.15, 0.2) is 5.78 Å². The number of aromatic nitrogens is 1. The molecule has 1 heterocycles. The second kappa shape index (κ2) is 8.57. The summed E-state index contributed by atoms with van der Waals surface area (Å²) >= 11 is 0. The van der Waals surface area contributed by atoms with Crippen molar-refractivity contribution in [2.24, 2.45) is 0 Å². The molecule has 2 aromatic carbocycles. The smallest absolute Gasteiger partial charge is 0.232 e. The van der Waals surface area contributed by atoms with Crippen LogP contribution in [-0.2, 0) is 11.2 Å². The molecule has 1 amide bonds. The van der Waals surface area contributed by atoms with Crippen molar-refractivity contribution in [3.05, 3.63) is 95.1 Å². The van der Waals surface area contributed by atoms with E-state index in [1.54, 1.807) is 42.7 Å². The second-order valence-corrected chi connectivity index (χ2v) is 6.74. The number of nitrogens with one attached hydrogen (secondary N) is 1. The van der Waals surface area contributed by atoms with Crippen molar-refractivity contribution < 1.29 is 14.0 Å². The highest BCUT2D eigenvalue weighted by molar-refractivity contribution is 5.99. The summed E-state index contributed by atoms with van der Waals surface area (Å²) < 4.78 is 13.4. The van der Waals surface area contributed by atoms with Gasteiger partial charge in [-0.3, -0.25) is 14.6 Å². The van der Waals surface area contributed by atoms with Crippen molar-refractivity contribution in [2.75, 3.05) is 5.32 Å². The van der Waals surface area contributed by atoms with Crippen LogP contribution in [0.4, 0.5) is 10.1 Å². The first-order chi connectivity index (χ1) is 13.4. The second-order valence-electron chi connectivity index (χ2n) is 6.74. The Bertz CT molecular complexity index is 985. The van der Waals surface area contributed by atoms with Gasteiger partial charge in [-0.2, -0.15) is 0 Å². The van der Waals surface area contributed by atoms with Gasteiger partial charge in [0.1, 0.15) is 5.82 Å². The molecule has 0 aliphatic heterocycles. The van der Waals surface area contributed by atoms with Crippen LogP contribution in [0, 0.1) is 12.7 Å². The SMILES string of the molecule is CC(=O)c1ccc(C)c(NC(=O)C(Cc2cccnc2)c2ccc(F)cc2)c1. The van der Waals surface area contributed by atoms with E-state index in [2.05, 4.69) is 10.3 Å². The Morgan fingerprint density at radius 3 is 2.50 bits per heavy atom. The Labute approximate surface area is 163 Å². The zero-order chi connectivity index (χ0) is 20.1. The maximum atomic E-state index is 13.4. The number of halogens is 1. The largest absolute Gasteiger partial charge is 0.325 e. The highest BCUT2D eigenvalue weighted by atomic mass is 19.1. The first-order valence-corrected chi connectivity index (χ1v) is 9.01. The van der Waals surface area contributed by atoms with Crippen molar-refractivity contribution >= 4 is 17.4 Å². The normalized spacial score (nSPS) is 11.7. The number of nitrogens with zero attached hydrogens (tertiary/aromatic N) is 1. The molecule has 0 saturated carbocycles. The fraction of sp³-hybridized carbons (Fsp3) is 0.174. The lowest BCUT2D eigenvalue weighted by molar-refractivity contribution is -0.117. The average molecular weight is 376 g/mol. The number of hydrogen-bond donors (Lipinski definition) is 1. The number of pyridine rings is 1. The number of carbonyl (C=O) groups is 2. The summed E-state index contributed by atoms with van der Waals surface area (Å²) in [6.07, 6.45) is 3.81. The third-order valence-electron chi connectivity index (χ3n) is 4.65. The molecule has 0 spiro atoms. The fourth-order valence-corrected chi connectivity index (χ4v) is 3.01. The summed E-state index contributed by atoms with van der Waals surface area (Å²) in [6.45, 7) is 3.35. The summed E-state index contributed by atoms with van der Waals surface area (Å²) in [6, 6.07) is 14.9. The van der Waals surface area contributed by atoms with E-state index in [0.717, 1.165) is 11.1 Å². The molecule has 142 valence electrons. The molecule has 1 aromatic heterocycles. The highest BCUT2D eigenvalue weighted by Crippen LogP contribution is 2.25. The number of amides is 1. The van der Waals surface area contributed by atoms with Gasteiger partial charge >= 0.3 is 0 Å². The summed E-state index contributed by atoms with van der Waals surface area (Å²) in [5.74, 6) is -1.17. The van der Waals surface area contributed by atoms with E-state index in [1.165, 1.54) is 19.1 Å². The molecule has 0 aliphatic carbocycles. The number of benzene rings is 2. The topological polar surface area (TPSA) is 59.1 Å². The Morgan fingerprint density at radius 2 is 1.86 bits per heavy atom. The lowest BCUT2D eigenvalue weighted by Gasteiger charge is -2.19. The van der Waals surface area contributed by atoms with E-state index in [9.17, 15) is 14.0 Å². The lowest BCUT2D eigenvalue weighted by Crippen LogP contribution is -2.23. The third kappa shape index (κ3) is 4.68. The van der Waals surface area contributed by atoms with Crippen LogP contribution in [0.5, 0.6) is 0 Å². The van der Waals surface area contributed by atoms with Crippen molar-refractivity contribution in [1.82, 2.24) is 4.98 Å². The Kier molecular flexibility index (Phi) is 5.94. The molecular formula is C23H21FN2O2. The van der Waals surface area contributed by atoms with Gasteiger partial charge < -0.3 is 5.32 Å². The van der Waals surface area contributed by atoms with E-state index in [0.29, 0.717) is 23.2 Å². The molecular weight excluding hydrogens is 355 g/mol. The zero-order valence-corrected chi connectivity index (χ0v) is 15.8. The molecule has 28 heavy (non-hydrogen) atoms. The molecule has 0 bridgehead atoms. The van der Waals surface area contributed by atoms with Gasteiger partial charge in [-0.25, -0.2) is 4.39 Å². The number of rotatable bonds is 6. The third-order valence-corrected chi connectivity index (χ3v) is 4.65. The predicted molar refractivity (Wildman–Crippen MR) is 107 cm³/mol. The van der Waals surface area contributed by atoms with Gasteiger partial charge in [0.25, 0.3) is 0 Å². The maximum Gasteiger partial charge on any atom is 0.232 e. The van der Waals surface area contributed by atoms with E-state index >= 15 is 0 Å². The first-order valence-electron chi connectivity index (χ1n) is 9.01. The van der Waals surface area contributed by atoms with Gasteiger partial charge in [0.05, 0.1) is 5.92 Å². The minimum atomic E-state index is -0.523. The Balaban J connectivity index is 1.91. The van der Waals surface area contributed by atoms with Gasteiger partial charge in [0, 0.05) is 23.6 Å². The monoisotopic (exact) mass is 376 g/mol. The van der Waals surface area contributed by atoms with Crippen molar-refractivity contribution in [3.8, 4) is 0 Å². The number of Topliss-reactive ketones (excluding diaryl/α,β-unsaturated/α-hetero) is 1. The van der Waals surface area contributed by atoms with Gasteiger partial charge in [-0.1, -0.05) is 30.3 Å². The van der Waals surface area contributed by atoms with E-state index in [4.69, 9.17) is 0 Å². The molecule has 0 aliphatic rings.